The van der Waals surface area contributed by atoms with E-state index >= 15 is 0 Å². The third-order valence-corrected chi connectivity index (χ3v) is 4.13. The molecule has 0 radical (unpaired) electrons. The first kappa shape index (κ1) is 14.8. The molecule has 1 heterocycles. The molecule has 0 amide bonds. The molecule has 5 nitrogen and oxygen atoms in total. The lowest BCUT2D eigenvalue weighted by Crippen LogP contribution is -2.18. The van der Waals surface area contributed by atoms with Gasteiger partial charge in [0.2, 0.25) is 10.0 Å². The van der Waals surface area contributed by atoms with Crippen molar-refractivity contribution in [1.29, 1.82) is 0 Å². The number of rotatable bonds is 6. The number of anilines is 1. The van der Waals surface area contributed by atoms with Crippen LogP contribution >= 0.6 is 34.8 Å². The van der Waals surface area contributed by atoms with E-state index in [1.54, 1.807) is 0 Å². The van der Waals surface area contributed by atoms with Crippen molar-refractivity contribution in [1.82, 2.24) is 9.97 Å². The largest absolute Gasteiger partial charge is 0.266 e. The topological polar surface area (TPSA) is 72.0 Å². The summed E-state index contributed by atoms with van der Waals surface area (Å²) in [5, 5.41) is -0.0183. The van der Waals surface area contributed by atoms with Crippen LogP contribution in [0.1, 0.15) is 12.8 Å². The maximum Gasteiger partial charge on any atom is 0.233 e. The molecule has 0 aromatic carbocycles. The molecule has 0 aliphatic carbocycles. The van der Waals surface area contributed by atoms with Crippen molar-refractivity contribution in [3.63, 3.8) is 0 Å². The lowest BCUT2D eigenvalue weighted by Gasteiger charge is -2.08. The molecule has 0 spiro atoms. The fourth-order valence-electron chi connectivity index (χ4n) is 1.00. The van der Waals surface area contributed by atoms with Gasteiger partial charge in [-0.3, -0.25) is 4.72 Å². The summed E-state index contributed by atoms with van der Waals surface area (Å²) in [6.45, 7) is 0. The summed E-state index contributed by atoms with van der Waals surface area (Å²) in [5.41, 5.74) is 0. The van der Waals surface area contributed by atoms with Crippen molar-refractivity contribution in [2.75, 3.05) is 16.4 Å². The van der Waals surface area contributed by atoms with Gasteiger partial charge >= 0.3 is 0 Å². The molecule has 1 rings (SSSR count). The van der Waals surface area contributed by atoms with Crippen LogP contribution in [-0.2, 0) is 10.0 Å². The molecule has 17 heavy (non-hydrogen) atoms. The van der Waals surface area contributed by atoms with E-state index < -0.39 is 10.0 Å². The Morgan fingerprint density at radius 2 is 1.94 bits per heavy atom. The van der Waals surface area contributed by atoms with Crippen LogP contribution in [0.3, 0.4) is 0 Å². The van der Waals surface area contributed by atoms with E-state index in [2.05, 4.69) is 14.7 Å². The molecular formula is C8H10Cl3N3O2S. The van der Waals surface area contributed by atoms with Crippen LogP contribution in [0.15, 0.2) is 6.33 Å². The Hall–Kier alpha value is -0.300. The number of hydrogen-bond donors (Lipinski definition) is 1. The maximum atomic E-state index is 11.6. The molecule has 0 saturated heterocycles. The van der Waals surface area contributed by atoms with Crippen molar-refractivity contribution >= 4 is 50.6 Å². The predicted octanol–water partition coefficient (Wildman–Crippen LogP) is 2.54. The van der Waals surface area contributed by atoms with Crippen molar-refractivity contribution in [3.8, 4) is 0 Å². The lowest BCUT2D eigenvalue weighted by molar-refractivity contribution is 0.598. The second kappa shape index (κ2) is 6.58. The zero-order valence-corrected chi connectivity index (χ0v) is 11.7. The summed E-state index contributed by atoms with van der Waals surface area (Å²) in [4.78, 5) is 7.32. The highest BCUT2D eigenvalue weighted by Crippen LogP contribution is 2.26. The minimum atomic E-state index is -3.49. The lowest BCUT2D eigenvalue weighted by atomic mass is 10.4. The summed E-state index contributed by atoms with van der Waals surface area (Å²) in [6, 6.07) is 0. The summed E-state index contributed by atoms with van der Waals surface area (Å²) in [7, 11) is -3.49. The maximum absolute atomic E-state index is 11.6. The van der Waals surface area contributed by atoms with E-state index in [0.29, 0.717) is 18.7 Å². The number of halogens is 3. The Kier molecular flexibility index (Phi) is 5.72. The van der Waals surface area contributed by atoms with Gasteiger partial charge in [0, 0.05) is 5.88 Å². The standard InChI is InChI=1S/C8H10Cl3N3O2S/c9-3-1-2-4-17(15,16)14-8-6(10)7(11)12-5-13-8/h5H,1-4H2,(H,12,13,14). The third kappa shape index (κ3) is 4.83. The van der Waals surface area contributed by atoms with Crippen molar-refractivity contribution < 1.29 is 8.42 Å². The number of sulfonamides is 1. The quantitative estimate of drug-likeness (QED) is 0.497. The van der Waals surface area contributed by atoms with Crippen molar-refractivity contribution in [3.05, 3.63) is 16.5 Å². The summed E-state index contributed by atoms with van der Waals surface area (Å²) in [5.74, 6) is 0.366. The normalized spacial score (nSPS) is 11.5. The molecule has 1 aromatic rings. The van der Waals surface area contributed by atoms with Gasteiger partial charge in [0.05, 0.1) is 5.75 Å². The van der Waals surface area contributed by atoms with Crippen LogP contribution in [0.25, 0.3) is 0 Å². The van der Waals surface area contributed by atoms with Crippen molar-refractivity contribution in [2.24, 2.45) is 0 Å². The number of nitrogens with zero attached hydrogens (tertiary/aromatic N) is 2. The van der Waals surface area contributed by atoms with Crippen LogP contribution in [0.2, 0.25) is 10.2 Å². The summed E-state index contributed by atoms with van der Waals surface area (Å²) >= 11 is 16.9. The molecule has 0 saturated carbocycles. The first-order valence-corrected chi connectivity index (χ1v) is 7.63. The van der Waals surface area contributed by atoms with Gasteiger partial charge in [-0.25, -0.2) is 18.4 Å². The van der Waals surface area contributed by atoms with E-state index in [0.717, 1.165) is 6.33 Å². The number of alkyl halides is 1. The molecule has 0 unspecified atom stereocenters. The zero-order valence-electron chi connectivity index (χ0n) is 8.66. The van der Waals surface area contributed by atoms with Gasteiger partial charge in [0.15, 0.2) is 11.0 Å². The first-order chi connectivity index (χ1) is 7.96. The minimum absolute atomic E-state index is 0.000116. The highest BCUT2D eigenvalue weighted by atomic mass is 35.5. The SMILES string of the molecule is O=S(=O)(CCCCCl)Nc1ncnc(Cl)c1Cl. The average Bonchev–Trinajstić information content (AvgIpc) is 2.25. The van der Waals surface area contributed by atoms with Gasteiger partial charge in [0.1, 0.15) is 11.3 Å². The second-order valence-electron chi connectivity index (χ2n) is 3.14. The molecular weight excluding hydrogens is 309 g/mol. The minimum Gasteiger partial charge on any atom is -0.266 e. The van der Waals surface area contributed by atoms with Gasteiger partial charge in [-0.05, 0) is 12.8 Å². The Morgan fingerprint density at radius 3 is 2.59 bits per heavy atom. The molecule has 9 heteroatoms. The highest BCUT2D eigenvalue weighted by molar-refractivity contribution is 7.92. The first-order valence-electron chi connectivity index (χ1n) is 4.68. The number of unbranched alkanes of at least 4 members (excludes halogenated alkanes) is 1. The van der Waals surface area contributed by atoms with Crippen LogP contribution in [0, 0.1) is 0 Å². The van der Waals surface area contributed by atoms with Crippen LogP contribution in [0.4, 0.5) is 5.82 Å². The smallest absolute Gasteiger partial charge is 0.233 e. The van der Waals surface area contributed by atoms with Gasteiger partial charge in [0.25, 0.3) is 0 Å². The van der Waals surface area contributed by atoms with Crippen LogP contribution in [-0.4, -0.2) is 30.0 Å². The van der Waals surface area contributed by atoms with E-state index in [-0.39, 0.29) is 21.7 Å². The third-order valence-electron chi connectivity index (χ3n) is 1.80. The molecule has 0 bridgehead atoms. The summed E-state index contributed by atoms with van der Waals surface area (Å²) < 4.78 is 25.5. The Bertz CT molecular complexity index is 481. The van der Waals surface area contributed by atoms with Gasteiger partial charge in [-0.2, -0.15) is 0 Å². The fraction of sp³-hybridized carbons (Fsp3) is 0.500. The Balaban J connectivity index is 2.73. The van der Waals surface area contributed by atoms with E-state index in [4.69, 9.17) is 34.8 Å². The number of aromatic nitrogens is 2. The molecule has 96 valence electrons. The Labute approximate surface area is 115 Å². The van der Waals surface area contributed by atoms with E-state index in [1.807, 2.05) is 0 Å². The van der Waals surface area contributed by atoms with Gasteiger partial charge in [-0.15, -0.1) is 11.6 Å². The molecule has 0 aliphatic heterocycles. The van der Waals surface area contributed by atoms with E-state index in [9.17, 15) is 8.42 Å². The fourth-order valence-corrected chi connectivity index (χ4v) is 2.66. The van der Waals surface area contributed by atoms with E-state index in [1.165, 1.54) is 0 Å². The molecule has 0 atom stereocenters. The monoisotopic (exact) mass is 317 g/mol. The van der Waals surface area contributed by atoms with Crippen LogP contribution < -0.4 is 4.72 Å². The van der Waals surface area contributed by atoms with Gasteiger partial charge in [-0.1, -0.05) is 23.2 Å². The molecule has 1 N–H and O–H groups in total. The van der Waals surface area contributed by atoms with Crippen molar-refractivity contribution in [2.45, 2.75) is 12.8 Å². The number of nitrogens with one attached hydrogen (secondary N) is 1. The Morgan fingerprint density at radius 1 is 1.24 bits per heavy atom. The number of hydrogen-bond acceptors (Lipinski definition) is 4. The molecule has 0 fully saturated rings. The van der Waals surface area contributed by atoms with Crippen LogP contribution in [0.5, 0.6) is 0 Å². The summed E-state index contributed by atoms with van der Waals surface area (Å²) in [6.07, 6.45) is 2.22. The molecule has 0 aliphatic rings. The predicted molar refractivity (Wildman–Crippen MR) is 69.4 cm³/mol. The zero-order chi connectivity index (χ0) is 12.9. The van der Waals surface area contributed by atoms with Gasteiger partial charge < -0.3 is 0 Å². The second-order valence-corrected chi connectivity index (χ2v) is 6.10. The average molecular weight is 319 g/mol. The molecule has 1 aromatic heterocycles. The highest BCUT2D eigenvalue weighted by Gasteiger charge is 2.15.